The molecular formula is C16H11Br. The van der Waals surface area contributed by atoms with Gasteiger partial charge in [0.25, 0.3) is 0 Å². The van der Waals surface area contributed by atoms with Gasteiger partial charge in [-0.2, -0.15) is 0 Å². The van der Waals surface area contributed by atoms with Crippen LogP contribution in [0.4, 0.5) is 0 Å². The van der Waals surface area contributed by atoms with Crippen molar-refractivity contribution >= 4 is 43.6 Å². The molecule has 82 valence electrons. The van der Waals surface area contributed by atoms with Gasteiger partial charge in [0.05, 0.1) is 0 Å². The van der Waals surface area contributed by atoms with Crippen LogP contribution in [0.3, 0.4) is 0 Å². The van der Waals surface area contributed by atoms with E-state index in [9.17, 15) is 0 Å². The van der Waals surface area contributed by atoms with Gasteiger partial charge in [-0.1, -0.05) is 64.5 Å². The smallest absolute Gasteiger partial charge is 0.00942 e. The van der Waals surface area contributed by atoms with Crippen LogP contribution in [0.25, 0.3) is 27.6 Å². The molecule has 0 aromatic heterocycles. The maximum absolute atomic E-state index is 3.38. The zero-order valence-corrected chi connectivity index (χ0v) is 10.8. The molecule has 0 N–H and O–H groups in total. The maximum Gasteiger partial charge on any atom is -0.00942 e. The van der Waals surface area contributed by atoms with Crippen molar-refractivity contribution in [2.24, 2.45) is 0 Å². The molecular weight excluding hydrogens is 272 g/mol. The average Bonchev–Trinajstić information content (AvgIpc) is 2.39. The van der Waals surface area contributed by atoms with Crippen LogP contribution in [-0.4, -0.2) is 0 Å². The molecule has 0 amide bonds. The van der Waals surface area contributed by atoms with Gasteiger partial charge in [-0.15, -0.1) is 0 Å². The highest BCUT2D eigenvalue weighted by Gasteiger charge is 2.03. The highest BCUT2D eigenvalue weighted by molar-refractivity contribution is 9.11. The summed E-state index contributed by atoms with van der Waals surface area (Å²) in [6.45, 7) is 0. The molecule has 0 spiro atoms. The molecule has 3 rings (SSSR count). The van der Waals surface area contributed by atoms with Crippen molar-refractivity contribution in [2.75, 3.05) is 0 Å². The Bertz CT molecular complexity index is 657. The van der Waals surface area contributed by atoms with Crippen molar-refractivity contribution in [1.29, 1.82) is 0 Å². The average molecular weight is 283 g/mol. The molecule has 0 heterocycles. The Morgan fingerprint density at radius 3 is 1.82 bits per heavy atom. The van der Waals surface area contributed by atoms with Crippen LogP contribution >= 0.6 is 15.9 Å². The summed E-state index contributed by atoms with van der Waals surface area (Å²) in [7, 11) is 0. The van der Waals surface area contributed by atoms with E-state index in [-0.39, 0.29) is 0 Å². The lowest BCUT2D eigenvalue weighted by atomic mass is 9.97. The first kappa shape index (κ1) is 10.5. The zero-order valence-electron chi connectivity index (χ0n) is 9.23. The first-order valence-corrected chi connectivity index (χ1v) is 6.49. The second-order valence-corrected chi connectivity index (χ2v) is 4.55. The molecule has 0 fully saturated rings. The largest absolute Gasteiger partial charge is 0.0616 e. The van der Waals surface area contributed by atoms with Gasteiger partial charge in [0.2, 0.25) is 0 Å². The summed E-state index contributed by atoms with van der Waals surface area (Å²) in [5, 5.41) is 5.16. The molecule has 0 saturated carbocycles. The van der Waals surface area contributed by atoms with Gasteiger partial charge in [-0.3, -0.25) is 0 Å². The van der Waals surface area contributed by atoms with Crippen LogP contribution in [0.2, 0.25) is 0 Å². The van der Waals surface area contributed by atoms with Crippen LogP contribution in [-0.2, 0) is 0 Å². The molecule has 0 nitrogen and oxygen atoms in total. The second-order valence-electron chi connectivity index (χ2n) is 4.03. The minimum absolute atomic E-state index is 1.27. The predicted molar refractivity (Wildman–Crippen MR) is 79.4 cm³/mol. The topological polar surface area (TPSA) is 0 Å². The van der Waals surface area contributed by atoms with Gasteiger partial charge in [-0.05, 0) is 44.2 Å². The molecule has 0 aliphatic rings. The Morgan fingerprint density at radius 2 is 1.29 bits per heavy atom. The molecule has 3 aromatic carbocycles. The molecule has 0 radical (unpaired) electrons. The molecule has 0 saturated heterocycles. The molecule has 0 aliphatic carbocycles. The first-order chi connectivity index (χ1) is 8.40. The van der Waals surface area contributed by atoms with E-state index in [1.54, 1.807) is 0 Å². The molecule has 3 aromatic rings. The third-order valence-corrected chi connectivity index (χ3v) is 3.31. The van der Waals surface area contributed by atoms with Gasteiger partial charge >= 0.3 is 0 Å². The van der Waals surface area contributed by atoms with Crippen LogP contribution in [0.15, 0.2) is 59.6 Å². The lowest BCUT2D eigenvalue weighted by molar-refractivity contribution is 1.74. The number of halogens is 1. The van der Waals surface area contributed by atoms with Crippen molar-refractivity contribution in [2.45, 2.75) is 0 Å². The predicted octanol–water partition coefficient (Wildman–Crippen LogP) is 5.36. The summed E-state index contributed by atoms with van der Waals surface area (Å²) >= 11 is 3.38. The summed E-state index contributed by atoms with van der Waals surface area (Å²) in [5.74, 6) is 0. The summed E-state index contributed by atoms with van der Waals surface area (Å²) in [4.78, 5) is 1.92. The summed E-state index contributed by atoms with van der Waals surface area (Å²) < 4.78 is 0. The lowest BCUT2D eigenvalue weighted by Crippen LogP contribution is -1.82. The standard InChI is InChI=1S/C16H11Br/c17-10-9-16-14-7-3-1-5-12(14)11-13-6-2-4-8-15(13)16/h1-11H/b10-9+. The Balaban J connectivity index is 2.56. The van der Waals surface area contributed by atoms with E-state index >= 15 is 0 Å². The Labute approximate surface area is 109 Å². The maximum atomic E-state index is 3.38. The van der Waals surface area contributed by atoms with Crippen molar-refractivity contribution in [3.05, 3.63) is 65.1 Å². The van der Waals surface area contributed by atoms with E-state index < -0.39 is 0 Å². The zero-order chi connectivity index (χ0) is 11.7. The second kappa shape index (κ2) is 4.34. The highest BCUT2D eigenvalue weighted by Crippen LogP contribution is 2.29. The van der Waals surface area contributed by atoms with E-state index in [0.717, 1.165) is 0 Å². The van der Waals surface area contributed by atoms with Crippen LogP contribution in [0.5, 0.6) is 0 Å². The highest BCUT2D eigenvalue weighted by atomic mass is 79.9. The third-order valence-electron chi connectivity index (χ3n) is 3.04. The Kier molecular flexibility index (Phi) is 2.69. The van der Waals surface area contributed by atoms with Crippen molar-refractivity contribution in [1.82, 2.24) is 0 Å². The fourth-order valence-electron chi connectivity index (χ4n) is 2.29. The fourth-order valence-corrected chi connectivity index (χ4v) is 2.56. The molecule has 0 aliphatic heterocycles. The molecule has 17 heavy (non-hydrogen) atoms. The van der Waals surface area contributed by atoms with Gasteiger partial charge in [0.1, 0.15) is 0 Å². The van der Waals surface area contributed by atoms with Gasteiger partial charge in [0.15, 0.2) is 0 Å². The van der Waals surface area contributed by atoms with E-state index in [1.165, 1.54) is 27.1 Å². The third kappa shape index (κ3) is 1.77. The number of hydrogen-bond acceptors (Lipinski definition) is 0. The number of rotatable bonds is 1. The van der Waals surface area contributed by atoms with Gasteiger partial charge in [-0.25, -0.2) is 0 Å². The van der Waals surface area contributed by atoms with Crippen molar-refractivity contribution < 1.29 is 0 Å². The van der Waals surface area contributed by atoms with E-state index in [0.29, 0.717) is 0 Å². The van der Waals surface area contributed by atoms with Gasteiger partial charge in [0, 0.05) is 0 Å². The van der Waals surface area contributed by atoms with Crippen LogP contribution < -0.4 is 0 Å². The molecule has 0 atom stereocenters. The van der Waals surface area contributed by atoms with E-state index in [2.05, 4.69) is 76.6 Å². The molecule has 1 heteroatoms. The Hall–Kier alpha value is -1.60. The monoisotopic (exact) mass is 282 g/mol. The molecule has 0 bridgehead atoms. The van der Waals surface area contributed by atoms with Crippen LogP contribution in [0.1, 0.15) is 5.56 Å². The SMILES string of the molecule is Br/C=C/c1c2ccccc2cc2ccccc12. The minimum atomic E-state index is 1.27. The number of hydrogen-bond donors (Lipinski definition) is 0. The number of fused-ring (bicyclic) bond motifs is 2. The van der Waals surface area contributed by atoms with E-state index in [1.807, 2.05) is 4.99 Å². The summed E-state index contributed by atoms with van der Waals surface area (Å²) in [6, 6.07) is 19.2. The lowest BCUT2D eigenvalue weighted by Gasteiger charge is -2.07. The number of benzene rings is 3. The van der Waals surface area contributed by atoms with Crippen molar-refractivity contribution in [3.63, 3.8) is 0 Å². The van der Waals surface area contributed by atoms with Crippen LogP contribution in [0, 0.1) is 0 Å². The first-order valence-electron chi connectivity index (χ1n) is 5.57. The Morgan fingerprint density at radius 1 is 0.765 bits per heavy atom. The van der Waals surface area contributed by atoms with Gasteiger partial charge < -0.3 is 0 Å². The minimum Gasteiger partial charge on any atom is -0.0616 e. The van der Waals surface area contributed by atoms with E-state index in [4.69, 9.17) is 0 Å². The quantitative estimate of drug-likeness (QED) is 0.527. The summed E-state index contributed by atoms with van der Waals surface area (Å²) in [6.07, 6.45) is 2.12. The summed E-state index contributed by atoms with van der Waals surface area (Å²) in [5.41, 5.74) is 1.27. The fraction of sp³-hybridized carbons (Fsp3) is 0. The van der Waals surface area contributed by atoms with Crippen molar-refractivity contribution in [3.8, 4) is 0 Å². The molecule has 0 unspecified atom stereocenters. The normalized spacial score (nSPS) is 11.6.